The molecule has 628 valence electrons. The molecule has 0 fully saturated rings. The van der Waals surface area contributed by atoms with E-state index in [-0.39, 0.29) is 121 Å². The lowest BCUT2D eigenvalue weighted by atomic mass is 9.97. The van der Waals surface area contributed by atoms with Gasteiger partial charge in [-0.05, 0) is 81.4 Å². The van der Waals surface area contributed by atoms with Gasteiger partial charge in [-0.1, -0.05) is 316 Å². The Kier molecular flexibility index (Phi) is 20.0. The van der Waals surface area contributed by atoms with Crippen LogP contribution in [-0.2, 0) is 33.7 Å². The lowest BCUT2D eigenvalue weighted by Crippen LogP contribution is -2.36. The van der Waals surface area contributed by atoms with Crippen molar-refractivity contribution in [2.24, 2.45) is 0 Å². The van der Waals surface area contributed by atoms with Crippen molar-refractivity contribution in [3.05, 3.63) is 460 Å². The summed E-state index contributed by atoms with van der Waals surface area (Å²) in [4.78, 5) is 77.5. The summed E-state index contributed by atoms with van der Waals surface area (Å²) in [6, 6.07) is 105. The number of esters is 5. The zero-order valence-electron chi connectivity index (χ0n) is 68.7. The molecule has 5 aliphatic rings. The highest BCUT2D eigenvalue weighted by Gasteiger charge is 2.54. The summed E-state index contributed by atoms with van der Waals surface area (Å²) in [5, 5.41) is 0. The summed E-state index contributed by atoms with van der Waals surface area (Å²) in [6.45, 7) is 9.03. The number of carbonyl (C=O) groups excluding carboxylic acids is 5. The number of ether oxygens (including phenoxy) is 16. The Bertz CT molecular complexity index is 6620. The lowest BCUT2D eigenvalue weighted by molar-refractivity contribution is -0.0470. The van der Waals surface area contributed by atoms with Gasteiger partial charge in [0.05, 0.1) is 27.8 Å². The van der Waals surface area contributed by atoms with Gasteiger partial charge in [0.1, 0.15) is 12.2 Å². The molecule has 0 aliphatic carbocycles. The molecule has 128 heavy (non-hydrogen) atoms. The second-order valence-electron chi connectivity index (χ2n) is 31.4. The summed E-state index contributed by atoms with van der Waals surface area (Å²) < 4.78 is 108. The zero-order chi connectivity index (χ0) is 87.4. The van der Waals surface area contributed by atoms with Crippen LogP contribution < -0.4 is 71.1 Å². The van der Waals surface area contributed by atoms with E-state index in [2.05, 4.69) is 6.58 Å². The highest BCUT2D eigenvalue weighted by Crippen LogP contribution is 2.60. The van der Waals surface area contributed by atoms with Crippen LogP contribution in [0.5, 0.6) is 86.2 Å². The van der Waals surface area contributed by atoms with Crippen LogP contribution in [0.2, 0.25) is 0 Å². The summed E-state index contributed by atoms with van der Waals surface area (Å²) in [6.07, 6.45) is 1.54. The summed E-state index contributed by atoms with van der Waals surface area (Å²) in [7, 11) is 0. The van der Waals surface area contributed by atoms with Gasteiger partial charge in [0.15, 0.2) is 57.5 Å². The molecule has 20 rings (SSSR count). The number of benzene rings is 15. The zero-order valence-corrected chi connectivity index (χ0v) is 68.7. The first-order chi connectivity index (χ1) is 62.4. The lowest BCUT2D eigenvalue weighted by Gasteiger charge is -2.28. The highest BCUT2D eigenvalue weighted by molar-refractivity contribution is 5.99. The predicted molar refractivity (Wildman–Crippen MR) is 468 cm³/mol. The van der Waals surface area contributed by atoms with Crippen molar-refractivity contribution in [1.82, 2.24) is 0 Å². The third kappa shape index (κ3) is 14.4. The molecule has 0 atom stereocenters. The third-order valence-corrected chi connectivity index (χ3v) is 21.9. The van der Waals surface area contributed by atoms with E-state index >= 15 is 19.2 Å². The molecule has 0 saturated heterocycles. The number of hydrogen-bond acceptors (Lipinski definition) is 21. The van der Waals surface area contributed by atoms with Crippen LogP contribution >= 0.6 is 0 Å². The van der Waals surface area contributed by atoms with Gasteiger partial charge in [0.25, 0.3) is 0 Å². The maximum Gasteiger partial charge on any atom is 0.343 e. The molecular formula is C107H74O21. The fraction of sp³-hybridized carbons (Fsp3) is 0.0935. The third-order valence-electron chi connectivity index (χ3n) is 21.9. The first-order valence-corrected chi connectivity index (χ1v) is 41.1. The van der Waals surface area contributed by atoms with Crippen molar-refractivity contribution in [3.63, 3.8) is 0 Å². The van der Waals surface area contributed by atoms with E-state index in [9.17, 15) is 4.79 Å². The molecule has 21 heteroatoms. The molecule has 15 aromatic carbocycles. The molecule has 0 amide bonds. The van der Waals surface area contributed by atoms with E-state index in [1.807, 2.05) is 206 Å². The van der Waals surface area contributed by atoms with Crippen LogP contribution in [0.4, 0.5) is 0 Å². The first kappa shape index (κ1) is 79.7. The molecule has 0 aromatic heterocycles. The Balaban J connectivity index is 0.702. The Hall–Kier alpha value is -16.8. The topological polar surface area (TPSA) is 233 Å². The van der Waals surface area contributed by atoms with Gasteiger partial charge >= 0.3 is 58.8 Å². The van der Waals surface area contributed by atoms with E-state index in [1.54, 1.807) is 124 Å². The molecule has 0 N–H and O–H groups in total. The van der Waals surface area contributed by atoms with Gasteiger partial charge in [-0.15, -0.1) is 0 Å². The second kappa shape index (κ2) is 32.1. The Morgan fingerprint density at radius 3 is 0.602 bits per heavy atom. The van der Waals surface area contributed by atoms with Crippen LogP contribution in [0.1, 0.15) is 128 Å². The van der Waals surface area contributed by atoms with Gasteiger partial charge in [-0.25, -0.2) is 24.0 Å². The van der Waals surface area contributed by atoms with Gasteiger partial charge < -0.3 is 75.8 Å². The van der Waals surface area contributed by atoms with E-state index in [0.29, 0.717) is 55.6 Å². The number of fused-ring (bicyclic) bond motifs is 5. The molecule has 0 unspecified atom stereocenters. The van der Waals surface area contributed by atoms with E-state index in [0.717, 1.165) is 0 Å². The summed E-state index contributed by atoms with van der Waals surface area (Å²) >= 11 is 0. The second-order valence-corrected chi connectivity index (χ2v) is 31.4. The van der Waals surface area contributed by atoms with Crippen molar-refractivity contribution >= 4 is 29.8 Å². The van der Waals surface area contributed by atoms with Crippen molar-refractivity contribution < 1.29 is 99.8 Å². The Morgan fingerprint density at radius 2 is 0.422 bits per heavy atom. The largest absolute Gasteiger partial charge is 0.485 e. The fourth-order valence-electron chi connectivity index (χ4n) is 16.1. The first-order valence-electron chi connectivity index (χ1n) is 41.1. The number of rotatable bonds is 22. The molecule has 0 saturated carbocycles. The summed E-state index contributed by atoms with van der Waals surface area (Å²) in [5.41, 5.74) is 3.50. The minimum absolute atomic E-state index is 0.00440. The van der Waals surface area contributed by atoms with Gasteiger partial charge in [-0.3, -0.25) is 0 Å². The predicted octanol–water partition coefficient (Wildman–Crippen LogP) is 21.4. The van der Waals surface area contributed by atoms with Gasteiger partial charge in [-0.2, -0.15) is 0 Å². The smallest absolute Gasteiger partial charge is 0.343 e. The van der Waals surface area contributed by atoms with Crippen molar-refractivity contribution in [2.75, 3.05) is 6.61 Å². The van der Waals surface area contributed by atoms with Crippen molar-refractivity contribution in [1.29, 1.82) is 0 Å². The van der Waals surface area contributed by atoms with Crippen LogP contribution in [-0.4, -0.2) is 42.1 Å². The van der Waals surface area contributed by atoms with Crippen LogP contribution in [0.25, 0.3) is 0 Å². The van der Waals surface area contributed by atoms with E-state index in [1.165, 1.54) is 60.7 Å². The maximum absolute atomic E-state index is 16.1. The summed E-state index contributed by atoms with van der Waals surface area (Å²) in [5.74, 6) is -15.2. The highest BCUT2D eigenvalue weighted by atomic mass is 16.8. The molecule has 0 radical (unpaired) electrons. The molecule has 0 bridgehead atoms. The molecule has 5 aliphatic heterocycles. The Morgan fingerprint density at radius 1 is 0.250 bits per heavy atom. The molecule has 0 spiro atoms. The van der Waals surface area contributed by atoms with Crippen molar-refractivity contribution in [3.8, 4) is 86.2 Å². The van der Waals surface area contributed by atoms with Crippen LogP contribution in [0.15, 0.2) is 377 Å². The molecular weight excluding hydrogens is 1620 g/mol. The SMILES string of the molecule is C=CCOc1cc(C(=O)Oc2cc(C(=O)Oc3cc(C(=O)Oc4cc(C(=O)Oc5cc(C(=O)OC(C)(C)C)cc6c5OC(c5ccccc5)(c5ccccc5)O6)cc5c4OC(c4ccccc4)(c4ccccc4)O5)cc4c3OC(c3ccccc3)(c3ccccc3)O4)cc3c2OC(c2ccccc2)(c2ccccc2)O3)cc2c1OC(c1ccccc1)(c1ccccc1)O2. The van der Waals surface area contributed by atoms with Crippen LogP contribution in [0.3, 0.4) is 0 Å². The van der Waals surface area contributed by atoms with E-state index in [4.69, 9.17) is 75.8 Å². The minimum Gasteiger partial charge on any atom is -0.485 e. The maximum atomic E-state index is 16.1. The fourth-order valence-corrected chi connectivity index (χ4v) is 16.1. The standard InChI is InChI=1S/C107H74O21/c1-5-56-113-82-57-67(62-87-92(82)123-103(118-87,72-36-16-6-17-37-72)73-38-18-7-19-39-73)97(108)114-83-58-68(63-88-93(83)124-104(119-88,74-40-20-8-21-41-74)75-42-22-9-23-43-75)98(109)115-84-59-69(64-89-94(84)125-105(120-89,76-44-24-10-25-45-76)77-46-26-11-27-47-77)99(110)116-85-60-70(65-90-95(85)126-106(121-90,78-48-28-12-29-49-78)79-50-30-13-31-51-79)100(111)117-86-61-71(101(112)128-102(2,3)4)66-91-96(86)127-107(122-91,80-52-32-14-33-53-80)81-54-34-15-35-55-81/h5-55,57-66H,1,56H2,2-4H3. The minimum atomic E-state index is -1.82. The monoisotopic (exact) mass is 1690 g/mol. The van der Waals surface area contributed by atoms with Gasteiger partial charge in [0, 0.05) is 55.6 Å². The number of carbonyl (C=O) groups is 5. The number of hydrogen-bond donors (Lipinski definition) is 0. The Labute approximate surface area is 733 Å². The molecule has 15 aromatic rings. The molecule has 5 heterocycles. The van der Waals surface area contributed by atoms with Crippen LogP contribution in [0, 0.1) is 0 Å². The van der Waals surface area contributed by atoms with Gasteiger partial charge in [0.2, 0.25) is 28.7 Å². The average Bonchev–Trinajstić information content (AvgIpc) is 1.60. The van der Waals surface area contributed by atoms with E-state index < -0.39 is 64.4 Å². The quantitative estimate of drug-likeness (QED) is 0.0348. The van der Waals surface area contributed by atoms with Crippen molar-refractivity contribution in [2.45, 2.75) is 55.3 Å². The average molecular weight is 1700 g/mol. The molecule has 21 nitrogen and oxygen atoms in total. The normalized spacial score (nSPS) is 14.7.